The van der Waals surface area contributed by atoms with Gasteiger partial charge in [-0.25, -0.2) is 4.79 Å². The van der Waals surface area contributed by atoms with Crippen LogP contribution >= 0.6 is 0 Å². The zero-order valence-corrected chi connectivity index (χ0v) is 12.9. The molecule has 0 aliphatic heterocycles. The fourth-order valence-corrected chi connectivity index (χ4v) is 2.23. The first-order valence-corrected chi connectivity index (χ1v) is 7.27. The molecule has 0 aliphatic carbocycles. The van der Waals surface area contributed by atoms with Crippen molar-refractivity contribution < 1.29 is 19.4 Å². The van der Waals surface area contributed by atoms with E-state index in [4.69, 9.17) is 4.74 Å². The van der Waals surface area contributed by atoms with Crippen LogP contribution in [0.25, 0.3) is 0 Å². The van der Waals surface area contributed by atoms with Gasteiger partial charge in [-0.05, 0) is 23.3 Å². The Bertz CT molecular complexity index is 652. The van der Waals surface area contributed by atoms with Crippen LogP contribution in [0.5, 0.6) is 5.75 Å². The summed E-state index contributed by atoms with van der Waals surface area (Å²) < 4.78 is 4.76. The van der Waals surface area contributed by atoms with E-state index in [0.717, 1.165) is 11.1 Å². The van der Waals surface area contributed by atoms with Crippen LogP contribution in [0, 0.1) is 0 Å². The summed E-state index contributed by atoms with van der Waals surface area (Å²) in [5.41, 5.74) is 1.69. The average molecular weight is 313 g/mol. The molecule has 0 heterocycles. The third-order valence-corrected chi connectivity index (χ3v) is 3.40. The number of carbonyl (C=O) groups excluding carboxylic acids is 2. The van der Waals surface area contributed by atoms with Gasteiger partial charge in [0.05, 0.1) is 13.5 Å². The molecule has 0 aromatic heterocycles. The van der Waals surface area contributed by atoms with Crippen LogP contribution < -0.4 is 5.32 Å². The summed E-state index contributed by atoms with van der Waals surface area (Å²) in [6, 6.07) is 15.1. The first kappa shape index (κ1) is 16.5. The molecule has 23 heavy (non-hydrogen) atoms. The number of rotatable bonds is 6. The van der Waals surface area contributed by atoms with Crippen molar-refractivity contribution in [1.82, 2.24) is 5.32 Å². The summed E-state index contributed by atoms with van der Waals surface area (Å²) in [6.45, 7) is 0. The number of amides is 1. The zero-order chi connectivity index (χ0) is 16.7. The van der Waals surface area contributed by atoms with Crippen LogP contribution in [0.2, 0.25) is 0 Å². The molecule has 1 amide bonds. The Labute approximate surface area is 134 Å². The van der Waals surface area contributed by atoms with Crippen LogP contribution in [0.1, 0.15) is 11.1 Å². The monoisotopic (exact) mass is 313 g/mol. The largest absolute Gasteiger partial charge is 0.508 e. The molecule has 2 N–H and O–H groups in total. The fourth-order valence-electron chi connectivity index (χ4n) is 2.23. The van der Waals surface area contributed by atoms with Crippen LogP contribution in [-0.2, 0) is 27.2 Å². The van der Waals surface area contributed by atoms with E-state index in [0.29, 0.717) is 6.42 Å². The second-order valence-corrected chi connectivity index (χ2v) is 5.18. The van der Waals surface area contributed by atoms with Crippen molar-refractivity contribution in [1.29, 1.82) is 0 Å². The van der Waals surface area contributed by atoms with Gasteiger partial charge in [0.1, 0.15) is 11.8 Å². The molecule has 2 rings (SSSR count). The van der Waals surface area contributed by atoms with Gasteiger partial charge in [-0.15, -0.1) is 0 Å². The van der Waals surface area contributed by atoms with Gasteiger partial charge < -0.3 is 15.2 Å². The van der Waals surface area contributed by atoms with Gasteiger partial charge in [-0.3, -0.25) is 4.79 Å². The Morgan fingerprint density at radius 1 is 1.04 bits per heavy atom. The lowest BCUT2D eigenvalue weighted by molar-refractivity contribution is -0.145. The van der Waals surface area contributed by atoms with Crippen molar-refractivity contribution in [2.75, 3.05) is 7.11 Å². The summed E-state index contributed by atoms with van der Waals surface area (Å²) in [5, 5.41) is 11.9. The SMILES string of the molecule is COC(=O)[C@H](Cc1ccccc1)NC(=O)Cc1ccc(O)cc1. The van der Waals surface area contributed by atoms with E-state index in [1.165, 1.54) is 19.2 Å². The van der Waals surface area contributed by atoms with Crippen molar-refractivity contribution in [3.63, 3.8) is 0 Å². The molecule has 0 unspecified atom stereocenters. The number of nitrogens with one attached hydrogen (secondary N) is 1. The fraction of sp³-hybridized carbons (Fsp3) is 0.222. The first-order chi connectivity index (χ1) is 11.1. The van der Waals surface area contributed by atoms with Crippen molar-refractivity contribution in [2.45, 2.75) is 18.9 Å². The standard InChI is InChI=1S/C18H19NO4/c1-23-18(22)16(11-13-5-3-2-4-6-13)19-17(21)12-14-7-9-15(20)10-8-14/h2-10,16,20H,11-12H2,1H3,(H,19,21)/t16-/m0/s1. The van der Waals surface area contributed by atoms with Gasteiger partial charge in [-0.2, -0.15) is 0 Å². The number of phenols is 1. The highest BCUT2D eigenvalue weighted by atomic mass is 16.5. The van der Waals surface area contributed by atoms with Crippen molar-refractivity contribution in [3.05, 3.63) is 65.7 Å². The molecule has 2 aromatic rings. The molecule has 0 radical (unpaired) electrons. The van der Waals surface area contributed by atoms with Gasteiger partial charge in [0.15, 0.2) is 0 Å². The molecule has 0 saturated heterocycles. The lowest BCUT2D eigenvalue weighted by Crippen LogP contribution is -2.43. The molecule has 0 spiro atoms. The predicted octanol–water partition coefficient (Wildman–Crippen LogP) is 1.84. The molecule has 5 heteroatoms. The molecule has 0 bridgehead atoms. The number of ether oxygens (including phenoxy) is 1. The molecule has 0 aliphatic rings. The minimum Gasteiger partial charge on any atom is -0.508 e. The predicted molar refractivity (Wildman–Crippen MR) is 85.9 cm³/mol. The third-order valence-electron chi connectivity index (χ3n) is 3.40. The number of hydrogen-bond donors (Lipinski definition) is 2. The number of esters is 1. The van der Waals surface area contributed by atoms with E-state index in [2.05, 4.69) is 5.32 Å². The third kappa shape index (κ3) is 5.14. The number of hydrogen-bond acceptors (Lipinski definition) is 4. The van der Waals surface area contributed by atoms with Crippen molar-refractivity contribution >= 4 is 11.9 Å². The number of benzene rings is 2. The van der Waals surface area contributed by atoms with Crippen LogP contribution in [0.3, 0.4) is 0 Å². The molecule has 2 aromatic carbocycles. The maximum Gasteiger partial charge on any atom is 0.328 e. The van der Waals surface area contributed by atoms with Crippen molar-refractivity contribution in [2.24, 2.45) is 0 Å². The Balaban J connectivity index is 2.00. The molecule has 120 valence electrons. The molecule has 0 fully saturated rings. The number of carbonyl (C=O) groups is 2. The molecule has 0 saturated carbocycles. The highest BCUT2D eigenvalue weighted by Gasteiger charge is 2.21. The Hall–Kier alpha value is -2.82. The molecule has 5 nitrogen and oxygen atoms in total. The maximum atomic E-state index is 12.1. The van der Waals surface area contributed by atoms with Crippen molar-refractivity contribution in [3.8, 4) is 5.75 Å². The second kappa shape index (κ2) is 7.98. The molecular formula is C18H19NO4. The van der Waals surface area contributed by atoms with E-state index in [9.17, 15) is 14.7 Å². The Morgan fingerprint density at radius 3 is 2.30 bits per heavy atom. The summed E-state index contributed by atoms with van der Waals surface area (Å²) >= 11 is 0. The Kier molecular flexibility index (Phi) is 5.74. The minimum atomic E-state index is -0.730. The van der Waals surface area contributed by atoms with E-state index < -0.39 is 12.0 Å². The highest BCUT2D eigenvalue weighted by molar-refractivity contribution is 5.85. The van der Waals surface area contributed by atoms with Gasteiger partial charge in [0, 0.05) is 6.42 Å². The van der Waals surface area contributed by atoms with E-state index >= 15 is 0 Å². The van der Waals surface area contributed by atoms with E-state index in [-0.39, 0.29) is 18.1 Å². The highest BCUT2D eigenvalue weighted by Crippen LogP contribution is 2.10. The summed E-state index contributed by atoms with van der Waals surface area (Å²) in [6.07, 6.45) is 0.497. The van der Waals surface area contributed by atoms with Crippen LogP contribution in [0.15, 0.2) is 54.6 Å². The van der Waals surface area contributed by atoms with Gasteiger partial charge in [0.25, 0.3) is 0 Å². The van der Waals surface area contributed by atoms with Crippen LogP contribution in [-0.4, -0.2) is 30.1 Å². The van der Waals surface area contributed by atoms with E-state index in [1.54, 1.807) is 12.1 Å². The smallest absolute Gasteiger partial charge is 0.328 e. The first-order valence-electron chi connectivity index (χ1n) is 7.27. The normalized spacial score (nSPS) is 11.5. The topological polar surface area (TPSA) is 75.6 Å². The number of methoxy groups -OCH3 is 1. The number of aromatic hydroxyl groups is 1. The lowest BCUT2D eigenvalue weighted by atomic mass is 10.1. The van der Waals surface area contributed by atoms with E-state index in [1.807, 2.05) is 30.3 Å². The molecular weight excluding hydrogens is 294 g/mol. The summed E-state index contributed by atoms with van der Waals surface area (Å²) in [4.78, 5) is 24.0. The van der Waals surface area contributed by atoms with Crippen LogP contribution in [0.4, 0.5) is 0 Å². The van der Waals surface area contributed by atoms with Gasteiger partial charge in [0.2, 0.25) is 5.91 Å². The van der Waals surface area contributed by atoms with Gasteiger partial charge in [-0.1, -0.05) is 42.5 Å². The zero-order valence-electron chi connectivity index (χ0n) is 12.9. The minimum absolute atomic E-state index is 0.128. The van der Waals surface area contributed by atoms with Gasteiger partial charge >= 0.3 is 5.97 Å². The Morgan fingerprint density at radius 2 is 1.70 bits per heavy atom. The number of phenolic OH excluding ortho intramolecular Hbond substituents is 1. The average Bonchev–Trinajstić information content (AvgIpc) is 2.56. The summed E-state index contributed by atoms with van der Waals surface area (Å²) in [7, 11) is 1.30. The molecule has 1 atom stereocenters. The lowest BCUT2D eigenvalue weighted by Gasteiger charge is -2.16. The summed E-state index contributed by atoms with van der Waals surface area (Å²) in [5.74, 6) is -0.611. The second-order valence-electron chi connectivity index (χ2n) is 5.18. The maximum absolute atomic E-state index is 12.1. The quantitative estimate of drug-likeness (QED) is 0.798.